The standard InChI is InChI=1S/C31H29FN2O5/c1-21(35)34(24-11-12-29(26(18-24)31(36)37)33-14-16-38-17-15-33)19-27-25-8-4-2-6-22(25)10-13-30(27)39-20-23-7-3-5-9-28(23)32/h2-13,18H,14-17,19-20H2,1H3,(H,36,37). The number of hydrogen-bond acceptors (Lipinski definition) is 5. The summed E-state index contributed by atoms with van der Waals surface area (Å²) < 4.78 is 25.8. The lowest BCUT2D eigenvalue weighted by molar-refractivity contribution is -0.116. The van der Waals surface area contributed by atoms with Crippen LogP contribution < -0.4 is 14.5 Å². The second-order valence-corrected chi connectivity index (χ2v) is 9.35. The molecule has 8 heteroatoms. The van der Waals surface area contributed by atoms with Gasteiger partial charge in [-0.05, 0) is 41.1 Å². The zero-order chi connectivity index (χ0) is 27.4. The zero-order valence-electron chi connectivity index (χ0n) is 21.6. The van der Waals surface area contributed by atoms with E-state index < -0.39 is 5.97 Å². The molecule has 0 saturated carbocycles. The Morgan fingerprint density at radius 1 is 1.00 bits per heavy atom. The topological polar surface area (TPSA) is 79.3 Å². The van der Waals surface area contributed by atoms with Crippen molar-refractivity contribution in [3.05, 3.63) is 101 Å². The van der Waals surface area contributed by atoms with E-state index in [0.717, 1.165) is 16.3 Å². The number of carboxylic acid groups (broad SMARTS) is 1. The van der Waals surface area contributed by atoms with Gasteiger partial charge >= 0.3 is 5.97 Å². The highest BCUT2D eigenvalue weighted by molar-refractivity contribution is 5.99. The summed E-state index contributed by atoms with van der Waals surface area (Å²) in [5.41, 5.74) is 2.34. The van der Waals surface area contributed by atoms with Gasteiger partial charge in [0.15, 0.2) is 0 Å². The van der Waals surface area contributed by atoms with Crippen molar-refractivity contribution in [1.82, 2.24) is 0 Å². The van der Waals surface area contributed by atoms with Gasteiger partial charge in [0, 0.05) is 36.8 Å². The lowest BCUT2D eigenvalue weighted by Gasteiger charge is -2.31. The minimum atomic E-state index is -1.07. The Bertz CT molecular complexity index is 1520. The maximum absolute atomic E-state index is 14.3. The Kier molecular flexibility index (Phi) is 7.74. The fraction of sp³-hybridized carbons (Fsp3) is 0.226. The molecule has 1 aliphatic heterocycles. The predicted octanol–water partition coefficient (Wildman–Crippen LogP) is 5.65. The molecule has 1 fully saturated rings. The monoisotopic (exact) mass is 528 g/mol. The van der Waals surface area contributed by atoms with Crippen LogP contribution in [0.2, 0.25) is 0 Å². The highest BCUT2D eigenvalue weighted by Crippen LogP contribution is 2.33. The van der Waals surface area contributed by atoms with Crippen LogP contribution in [0.1, 0.15) is 28.4 Å². The molecule has 4 aromatic rings. The molecule has 0 unspecified atom stereocenters. The fourth-order valence-corrected chi connectivity index (χ4v) is 4.87. The van der Waals surface area contributed by atoms with E-state index in [0.29, 0.717) is 49.0 Å². The third kappa shape index (κ3) is 5.71. The van der Waals surface area contributed by atoms with Crippen LogP contribution in [0.4, 0.5) is 15.8 Å². The van der Waals surface area contributed by atoms with E-state index in [1.54, 1.807) is 36.4 Å². The first kappa shape index (κ1) is 26.2. The van der Waals surface area contributed by atoms with Crippen molar-refractivity contribution in [2.24, 2.45) is 0 Å². The first-order valence-corrected chi connectivity index (χ1v) is 12.8. The number of fused-ring (bicyclic) bond motifs is 1. The summed E-state index contributed by atoms with van der Waals surface area (Å²) in [4.78, 5) is 28.7. The first-order valence-electron chi connectivity index (χ1n) is 12.8. The second-order valence-electron chi connectivity index (χ2n) is 9.35. The number of halogens is 1. The zero-order valence-corrected chi connectivity index (χ0v) is 21.6. The second kappa shape index (κ2) is 11.5. The summed E-state index contributed by atoms with van der Waals surface area (Å²) in [5, 5.41) is 11.9. The maximum Gasteiger partial charge on any atom is 0.337 e. The van der Waals surface area contributed by atoms with Crippen LogP contribution in [0.5, 0.6) is 5.75 Å². The largest absolute Gasteiger partial charge is 0.488 e. The van der Waals surface area contributed by atoms with Gasteiger partial charge in [-0.2, -0.15) is 0 Å². The Labute approximate surface area is 226 Å². The van der Waals surface area contributed by atoms with Crippen molar-refractivity contribution in [3.8, 4) is 5.75 Å². The van der Waals surface area contributed by atoms with Gasteiger partial charge in [0.05, 0.1) is 31.0 Å². The fourth-order valence-electron chi connectivity index (χ4n) is 4.87. The molecule has 4 aromatic carbocycles. The molecule has 0 radical (unpaired) electrons. The average Bonchev–Trinajstić information content (AvgIpc) is 2.95. The molecule has 0 aliphatic carbocycles. The van der Waals surface area contributed by atoms with Crippen molar-refractivity contribution in [2.75, 3.05) is 36.1 Å². The van der Waals surface area contributed by atoms with Gasteiger partial charge in [-0.25, -0.2) is 9.18 Å². The number of carboxylic acids is 1. The smallest absolute Gasteiger partial charge is 0.337 e. The number of nitrogens with zero attached hydrogens (tertiary/aromatic N) is 2. The number of aromatic carboxylic acids is 1. The number of rotatable bonds is 8. The third-order valence-electron chi connectivity index (χ3n) is 6.91. The van der Waals surface area contributed by atoms with Gasteiger partial charge in [-0.3, -0.25) is 4.79 Å². The third-order valence-corrected chi connectivity index (χ3v) is 6.91. The number of benzene rings is 4. The summed E-state index contributed by atoms with van der Waals surface area (Å²) >= 11 is 0. The molecular formula is C31H29FN2O5. The Balaban J connectivity index is 1.52. The van der Waals surface area contributed by atoms with Crippen LogP contribution in [-0.4, -0.2) is 43.3 Å². The highest BCUT2D eigenvalue weighted by atomic mass is 19.1. The van der Waals surface area contributed by atoms with Crippen molar-refractivity contribution in [1.29, 1.82) is 0 Å². The summed E-state index contributed by atoms with van der Waals surface area (Å²) in [7, 11) is 0. The molecule has 0 spiro atoms. The number of hydrogen-bond donors (Lipinski definition) is 1. The quantitative estimate of drug-likeness (QED) is 0.319. The van der Waals surface area contributed by atoms with Crippen LogP contribution in [0.15, 0.2) is 78.9 Å². The molecule has 5 rings (SSSR count). The first-order chi connectivity index (χ1) is 18.9. The van der Waals surface area contributed by atoms with E-state index in [1.165, 1.54) is 17.9 Å². The number of anilines is 2. The molecule has 39 heavy (non-hydrogen) atoms. The number of carbonyl (C=O) groups is 2. The van der Waals surface area contributed by atoms with E-state index in [9.17, 15) is 19.1 Å². The molecule has 0 aromatic heterocycles. The summed E-state index contributed by atoms with van der Waals surface area (Å²) in [6.45, 7) is 3.84. The molecule has 1 amide bonds. The molecule has 0 bridgehead atoms. The van der Waals surface area contributed by atoms with Crippen LogP contribution in [0.3, 0.4) is 0 Å². The Morgan fingerprint density at radius 3 is 2.49 bits per heavy atom. The van der Waals surface area contributed by atoms with E-state index in [2.05, 4.69) is 0 Å². The van der Waals surface area contributed by atoms with Gasteiger partial charge in [0.2, 0.25) is 5.91 Å². The van der Waals surface area contributed by atoms with Crippen molar-refractivity contribution in [2.45, 2.75) is 20.1 Å². The number of carbonyl (C=O) groups excluding carboxylic acids is 1. The summed E-state index contributed by atoms with van der Waals surface area (Å²) in [6.07, 6.45) is 0. The average molecular weight is 529 g/mol. The van der Waals surface area contributed by atoms with E-state index in [-0.39, 0.29) is 30.4 Å². The molecule has 0 atom stereocenters. The number of ether oxygens (including phenoxy) is 2. The van der Waals surface area contributed by atoms with Crippen molar-refractivity contribution < 1.29 is 28.6 Å². The van der Waals surface area contributed by atoms with Gasteiger partial charge in [-0.1, -0.05) is 48.5 Å². The van der Waals surface area contributed by atoms with E-state index >= 15 is 0 Å². The molecule has 1 N–H and O–H groups in total. The Hall–Kier alpha value is -4.43. The number of amides is 1. The molecule has 1 heterocycles. The van der Waals surface area contributed by atoms with Crippen LogP contribution in [0.25, 0.3) is 10.8 Å². The summed E-state index contributed by atoms with van der Waals surface area (Å²) in [5.74, 6) is -1.15. The minimum absolute atomic E-state index is 0.0233. The SMILES string of the molecule is CC(=O)N(Cc1c(OCc2ccccc2F)ccc2ccccc12)c1ccc(N2CCOCC2)c(C(=O)O)c1. The van der Waals surface area contributed by atoms with Crippen molar-refractivity contribution in [3.63, 3.8) is 0 Å². The van der Waals surface area contributed by atoms with Gasteiger partial charge in [-0.15, -0.1) is 0 Å². The van der Waals surface area contributed by atoms with E-state index in [1.807, 2.05) is 41.3 Å². The van der Waals surface area contributed by atoms with Gasteiger partial charge in [0.25, 0.3) is 0 Å². The lowest BCUT2D eigenvalue weighted by Crippen LogP contribution is -2.37. The van der Waals surface area contributed by atoms with Gasteiger partial charge < -0.3 is 24.4 Å². The van der Waals surface area contributed by atoms with Crippen LogP contribution >= 0.6 is 0 Å². The minimum Gasteiger partial charge on any atom is -0.488 e. The van der Waals surface area contributed by atoms with Crippen LogP contribution in [0, 0.1) is 5.82 Å². The predicted molar refractivity (Wildman–Crippen MR) is 148 cm³/mol. The van der Waals surface area contributed by atoms with E-state index in [4.69, 9.17) is 9.47 Å². The molecular weight excluding hydrogens is 499 g/mol. The van der Waals surface area contributed by atoms with Gasteiger partial charge in [0.1, 0.15) is 18.2 Å². The lowest BCUT2D eigenvalue weighted by atomic mass is 10.0. The normalized spacial score (nSPS) is 13.3. The Morgan fingerprint density at radius 2 is 1.74 bits per heavy atom. The number of morpholine rings is 1. The summed E-state index contributed by atoms with van der Waals surface area (Å²) in [6, 6.07) is 23.0. The van der Waals surface area contributed by atoms with Crippen LogP contribution in [-0.2, 0) is 22.7 Å². The molecule has 200 valence electrons. The highest BCUT2D eigenvalue weighted by Gasteiger charge is 2.23. The maximum atomic E-state index is 14.3. The molecule has 1 aliphatic rings. The molecule has 1 saturated heterocycles. The van der Waals surface area contributed by atoms with Crippen molar-refractivity contribution >= 4 is 34.0 Å². The molecule has 7 nitrogen and oxygen atoms in total.